The molecule has 0 amide bonds. The molecule has 0 aliphatic carbocycles. The highest BCUT2D eigenvalue weighted by Gasteiger charge is 2.31. The largest absolute Gasteiger partial charge is 0.573 e. The molecule has 4 aromatic rings. The molecule has 2 aromatic carbocycles. The lowest BCUT2D eigenvalue weighted by atomic mass is 10.1. The Balaban J connectivity index is 1.23. The smallest absolute Gasteiger partial charge is 0.406 e. The summed E-state index contributed by atoms with van der Waals surface area (Å²) in [5, 5.41) is 8.61. The van der Waals surface area contributed by atoms with Crippen LogP contribution in [0.2, 0.25) is 0 Å². The molecule has 10 heteroatoms. The third kappa shape index (κ3) is 6.56. The fraction of sp³-hybridized carbons (Fsp3) is 0.370. The van der Waals surface area contributed by atoms with E-state index in [1.165, 1.54) is 61.3 Å². The standard InChI is InChI=1S/C27H28F3N5O2/c1-19-16-24(26-31-25(33-37-26)22-9-11-23(12-10-22)36-27(28,29)30)32-35(19)18-21-7-4-6-20(17-21)8-5-15-34-13-2-3-14-34/h4,6-7,9-12,16-17H,2-3,5,8,13-15,18H2,1H3. The summed E-state index contributed by atoms with van der Waals surface area (Å²) in [6, 6.07) is 15.8. The van der Waals surface area contributed by atoms with Gasteiger partial charge in [0.05, 0.1) is 6.54 Å². The minimum atomic E-state index is -4.74. The number of halogens is 3. The van der Waals surface area contributed by atoms with Crippen molar-refractivity contribution in [3.8, 4) is 28.7 Å². The maximum absolute atomic E-state index is 12.4. The molecule has 0 saturated carbocycles. The lowest BCUT2D eigenvalue weighted by Gasteiger charge is -2.14. The van der Waals surface area contributed by atoms with Gasteiger partial charge in [-0.15, -0.1) is 13.2 Å². The molecule has 0 spiro atoms. The highest BCUT2D eigenvalue weighted by Crippen LogP contribution is 2.27. The van der Waals surface area contributed by atoms with Gasteiger partial charge in [-0.25, -0.2) is 0 Å². The molecule has 1 fully saturated rings. The Kier molecular flexibility index (Phi) is 7.27. The Hall–Kier alpha value is -3.66. The van der Waals surface area contributed by atoms with E-state index in [1.54, 1.807) is 0 Å². The molecule has 0 atom stereocenters. The first-order chi connectivity index (χ1) is 17.8. The second-order valence-electron chi connectivity index (χ2n) is 9.30. The third-order valence-corrected chi connectivity index (χ3v) is 6.43. The second kappa shape index (κ2) is 10.8. The first kappa shape index (κ1) is 25.0. The van der Waals surface area contributed by atoms with Crippen molar-refractivity contribution in [2.45, 2.75) is 45.5 Å². The van der Waals surface area contributed by atoms with Crippen LogP contribution in [0.5, 0.6) is 5.75 Å². The molecule has 1 aliphatic rings. The molecule has 37 heavy (non-hydrogen) atoms. The Morgan fingerprint density at radius 3 is 2.51 bits per heavy atom. The topological polar surface area (TPSA) is 69.2 Å². The summed E-state index contributed by atoms with van der Waals surface area (Å²) in [4.78, 5) is 6.92. The van der Waals surface area contributed by atoms with Crippen molar-refractivity contribution in [3.63, 3.8) is 0 Å². The monoisotopic (exact) mass is 511 g/mol. The van der Waals surface area contributed by atoms with Gasteiger partial charge in [0.2, 0.25) is 5.82 Å². The number of hydrogen-bond acceptors (Lipinski definition) is 6. The summed E-state index contributed by atoms with van der Waals surface area (Å²) in [6.07, 6.45) is 0.110. The predicted octanol–water partition coefficient (Wildman–Crippen LogP) is 5.88. The number of likely N-dealkylation sites (tertiary alicyclic amines) is 1. The lowest BCUT2D eigenvalue weighted by molar-refractivity contribution is -0.274. The van der Waals surface area contributed by atoms with E-state index >= 15 is 0 Å². The third-order valence-electron chi connectivity index (χ3n) is 6.43. The van der Waals surface area contributed by atoms with Crippen molar-refractivity contribution in [1.29, 1.82) is 0 Å². The molecule has 7 nitrogen and oxygen atoms in total. The molecule has 0 bridgehead atoms. The van der Waals surface area contributed by atoms with Gasteiger partial charge >= 0.3 is 6.36 Å². The Labute approximate surface area is 212 Å². The average Bonchev–Trinajstić information content (AvgIpc) is 3.61. The van der Waals surface area contributed by atoms with Gasteiger partial charge in [0.25, 0.3) is 5.89 Å². The van der Waals surface area contributed by atoms with Gasteiger partial charge in [0, 0.05) is 11.3 Å². The van der Waals surface area contributed by atoms with Crippen LogP contribution in [-0.2, 0) is 13.0 Å². The van der Waals surface area contributed by atoms with Gasteiger partial charge < -0.3 is 14.2 Å². The van der Waals surface area contributed by atoms with Crippen LogP contribution in [0.1, 0.15) is 36.1 Å². The normalized spacial score (nSPS) is 14.4. The maximum Gasteiger partial charge on any atom is 0.573 e. The summed E-state index contributed by atoms with van der Waals surface area (Å²) in [7, 11) is 0. The number of alkyl halides is 3. The maximum atomic E-state index is 12.4. The molecular weight excluding hydrogens is 483 g/mol. The van der Waals surface area contributed by atoms with E-state index in [2.05, 4.69) is 49.1 Å². The number of benzene rings is 2. The minimum Gasteiger partial charge on any atom is -0.406 e. The van der Waals surface area contributed by atoms with Crippen molar-refractivity contribution in [3.05, 3.63) is 71.4 Å². The van der Waals surface area contributed by atoms with Crippen molar-refractivity contribution in [2.75, 3.05) is 19.6 Å². The zero-order valence-corrected chi connectivity index (χ0v) is 20.5. The SMILES string of the molecule is Cc1cc(-c2nc(-c3ccc(OC(F)(F)F)cc3)no2)nn1Cc1cccc(CCCN2CCCC2)c1. The molecule has 1 aliphatic heterocycles. The number of hydrogen-bond donors (Lipinski definition) is 0. The van der Waals surface area contributed by atoms with Crippen LogP contribution in [0.15, 0.2) is 59.1 Å². The van der Waals surface area contributed by atoms with Gasteiger partial charge in [0.15, 0.2) is 5.69 Å². The van der Waals surface area contributed by atoms with E-state index < -0.39 is 6.36 Å². The number of aryl methyl sites for hydroxylation is 2. The molecule has 194 valence electrons. The zero-order chi connectivity index (χ0) is 25.8. The Morgan fingerprint density at radius 1 is 1.00 bits per heavy atom. The van der Waals surface area contributed by atoms with E-state index in [9.17, 15) is 13.2 Å². The van der Waals surface area contributed by atoms with E-state index in [-0.39, 0.29) is 17.5 Å². The van der Waals surface area contributed by atoms with Crippen molar-refractivity contribution in [2.24, 2.45) is 0 Å². The van der Waals surface area contributed by atoms with Crippen molar-refractivity contribution < 1.29 is 22.4 Å². The zero-order valence-electron chi connectivity index (χ0n) is 20.5. The van der Waals surface area contributed by atoms with Crippen LogP contribution < -0.4 is 4.74 Å². The average molecular weight is 512 g/mol. The summed E-state index contributed by atoms with van der Waals surface area (Å²) in [5.74, 6) is 0.176. The molecule has 3 heterocycles. The molecular formula is C27H28F3N5O2. The summed E-state index contributed by atoms with van der Waals surface area (Å²) >= 11 is 0. The second-order valence-corrected chi connectivity index (χ2v) is 9.30. The number of ether oxygens (including phenoxy) is 1. The molecule has 1 saturated heterocycles. The van der Waals surface area contributed by atoms with Crippen molar-refractivity contribution in [1.82, 2.24) is 24.8 Å². The van der Waals surface area contributed by atoms with Gasteiger partial charge in [-0.05, 0) is 93.7 Å². The van der Waals surface area contributed by atoms with Crippen LogP contribution in [0, 0.1) is 6.92 Å². The van der Waals surface area contributed by atoms with Crippen LogP contribution in [-0.4, -0.2) is 50.8 Å². The highest BCUT2D eigenvalue weighted by atomic mass is 19.4. The molecule has 0 unspecified atom stereocenters. The van der Waals surface area contributed by atoms with E-state index in [1.807, 2.05) is 17.7 Å². The van der Waals surface area contributed by atoms with Crippen LogP contribution in [0.3, 0.4) is 0 Å². The van der Waals surface area contributed by atoms with E-state index in [0.29, 0.717) is 17.8 Å². The number of aromatic nitrogens is 4. The summed E-state index contributed by atoms with van der Waals surface area (Å²) < 4.78 is 48.3. The van der Waals surface area contributed by atoms with Gasteiger partial charge in [-0.1, -0.05) is 29.4 Å². The quantitative estimate of drug-likeness (QED) is 0.279. The van der Waals surface area contributed by atoms with Crippen LogP contribution >= 0.6 is 0 Å². The molecule has 0 radical (unpaired) electrons. The minimum absolute atomic E-state index is 0.239. The lowest BCUT2D eigenvalue weighted by Crippen LogP contribution is -2.20. The summed E-state index contributed by atoms with van der Waals surface area (Å²) in [5.41, 5.74) is 4.49. The Morgan fingerprint density at radius 2 is 1.76 bits per heavy atom. The molecule has 2 aromatic heterocycles. The first-order valence-electron chi connectivity index (χ1n) is 12.4. The predicted molar refractivity (Wildman–Crippen MR) is 132 cm³/mol. The van der Waals surface area contributed by atoms with Crippen LogP contribution in [0.4, 0.5) is 13.2 Å². The van der Waals surface area contributed by atoms with E-state index in [0.717, 1.165) is 25.1 Å². The van der Waals surface area contributed by atoms with Crippen LogP contribution in [0.25, 0.3) is 23.0 Å². The highest BCUT2D eigenvalue weighted by molar-refractivity contribution is 5.59. The fourth-order valence-corrected chi connectivity index (χ4v) is 4.59. The van der Waals surface area contributed by atoms with E-state index in [4.69, 9.17) is 4.52 Å². The summed E-state index contributed by atoms with van der Waals surface area (Å²) in [6.45, 7) is 6.20. The Bertz CT molecular complexity index is 1320. The van der Waals surface area contributed by atoms with Gasteiger partial charge in [0.1, 0.15) is 5.75 Å². The van der Waals surface area contributed by atoms with Crippen molar-refractivity contribution >= 4 is 0 Å². The number of rotatable bonds is 9. The number of nitrogens with zero attached hydrogens (tertiary/aromatic N) is 5. The first-order valence-corrected chi connectivity index (χ1v) is 12.4. The fourth-order valence-electron chi connectivity index (χ4n) is 4.59. The molecule has 0 N–H and O–H groups in total. The molecule has 5 rings (SSSR count). The van der Waals surface area contributed by atoms with Gasteiger partial charge in [-0.3, -0.25) is 4.68 Å². The van der Waals surface area contributed by atoms with Gasteiger partial charge in [-0.2, -0.15) is 10.1 Å².